The number of likely N-dealkylation sites (tertiary alicyclic amines) is 1. The number of nitrogens with zero attached hydrogens (tertiary/aromatic N) is 3. The third-order valence-corrected chi connectivity index (χ3v) is 7.17. The largest absolute Gasteiger partial charge is 0.439 e. The van der Waals surface area contributed by atoms with Gasteiger partial charge in [-0.1, -0.05) is 30.3 Å². The summed E-state index contributed by atoms with van der Waals surface area (Å²) in [6.07, 6.45) is 0.143. The minimum absolute atomic E-state index is 0.153. The molecule has 3 amide bonds. The van der Waals surface area contributed by atoms with E-state index < -0.39 is 40.7 Å². The van der Waals surface area contributed by atoms with Gasteiger partial charge < -0.3 is 14.5 Å². The van der Waals surface area contributed by atoms with Crippen LogP contribution in [0.3, 0.4) is 0 Å². The summed E-state index contributed by atoms with van der Waals surface area (Å²) < 4.78 is 35.2. The van der Waals surface area contributed by atoms with E-state index in [0.29, 0.717) is 25.9 Å². The molecule has 0 unspecified atom stereocenters. The summed E-state index contributed by atoms with van der Waals surface area (Å²) in [5, 5.41) is 0. The van der Waals surface area contributed by atoms with Gasteiger partial charge >= 0.3 is 6.09 Å². The van der Waals surface area contributed by atoms with Crippen molar-refractivity contribution < 1.29 is 27.9 Å². The quantitative estimate of drug-likeness (QED) is 0.581. The van der Waals surface area contributed by atoms with Crippen molar-refractivity contribution in [2.45, 2.75) is 51.8 Å². The highest BCUT2D eigenvalue weighted by molar-refractivity contribution is 6.07. The number of hydrogen-bond acceptors (Lipinski definition) is 4. The highest BCUT2D eigenvalue weighted by Gasteiger charge is 2.44. The molecular weight excluding hydrogens is 468 g/mol. The molecule has 2 saturated heterocycles. The highest BCUT2D eigenvalue weighted by Crippen LogP contribution is 2.36. The van der Waals surface area contributed by atoms with E-state index in [1.165, 1.54) is 9.80 Å². The summed E-state index contributed by atoms with van der Waals surface area (Å²) in [4.78, 5) is 43.5. The molecule has 0 spiro atoms. The molecule has 36 heavy (non-hydrogen) atoms. The maximum Gasteiger partial charge on any atom is 0.411 e. The Balaban J connectivity index is 1.50. The van der Waals surface area contributed by atoms with E-state index >= 15 is 0 Å². The molecule has 2 heterocycles. The first-order chi connectivity index (χ1) is 17.3. The SMILES string of the molecule is CCN(CC)C(=O)c1c(F)ccc(F)c1C(=O)N1CCC(N2C(=O)O[C@@H](c3ccccc3)[C@H]2C)CC1. The van der Waals surface area contributed by atoms with Crippen LogP contribution in [0.1, 0.15) is 66.0 Å². The summed E-state index contributed by atoms with van der Waals surface area (Å²) in [5.74, 6) is -3.29. The van der Waals surface area contributed by atoms with Crippen molar-refractivity contribution in [3.05, 3.63) is 70.8 Å². The molecule has 0 aromatic heterocycles. The fraction of sp³-hybridized carbons (Fsp3) is 0.444. The molecule has 0 bridgehead atoms. The molecule has 2 aliphatic heterocycles. The number of ether oxygens (including phenoxy) is 1. The van der Waals surface area contributed by atoms with Crippen LogP contribution >= 0.6 is 0 Å². The van der Waals surface area contributed by atoms with Crippen molar-refractivity contribution in [1.82, 2.24) is 14.7 Å². The number of halogens is 2. The molecule has 2 aliphatic rings. The van der Waals surface area contributed by atoms with Crippen LogP contribution in [-0.2, 0) is 4.74 Å². The summed E-state index contributed by atoms with van der Waals surface area (Å²) >= 11 is 0. The Morgan fingerprint density at radius 2 is 1.56 bits per heavy atom. The first-order valence-electron chi connectivity index (χ1n) is 12.4. The predicted molar refractivity (Wildman–Crippen MR) is 130 cm³/mol. The zero-order chi connectivity index (χ0) is 26.0. The second-order valence-electron chi connectivity index (χ2n) is 9.14. The number of hydrogen-bond donors (Lipinski definition) is 0. The van der Waals surface area contributed by atoms with Crippen LogP contribution in [0.4, 0.5) is 13.6 Å². The average Bonchev–Trinajstić information content (AvgIpc) is 3.19. The van der Waals surface area contributed by atoms with Gasteiger partial charge in [0, 0.05) is 32.2 Å². The van der Waals surface area contributed by atoms with Gasteiger partial charge in [0.15, 0.2) is 0 Å². The van der Waals surface area contributed by atoms with Crippen LogP contribution in [0, 0.1) is 11.6 Å². The lowest BCUT2D eigenvalue weighted by molar-refractivity contribution is 0.0623. The summed E-state index contributed by atoms with van der Waals surface area (Å²) in [6, 6.07) is 10.9. The van der Waals surface area contributed by atoms with Gasteiger partial charge in [0.2, 0.25) is 0 Å². The van der Waals surface area contributed by atoms with Crippen molar-refractivity contribution in [3.8, 4) is 0 Å². The Labute approximate surface area is 209 Å². The highest BCUT2D eigenvalue weighted by atomic mass is 19.1. The second kappa shape index (κ2) is 10.6. The number of amides is 3. The smallest absolute Gasteiger partial charge is 0.411 e. The van der Waals surface area contributed by atoms with E-state index in [1.54, 1.807) is 18.7 Å². The third-order valence-electron chi connectivity index (χ3n) is 7.17. The van der Waals surface area contributed by atoms with E-state index in [4.69, 9.17) is 4.74 Å². The predicted octanol–water partition coefficient (Wildman–Crippen LogP) is 4.63. The molecule has 0 aliphatic carbocycles. The van der Waals surface area contributed by atoms with E-state index in [-0.39, 0.29) is 31.3 Å². The molecule has 2 fully saturated rings. The Kier molecular flexibility index (Phi) is 7.56. The topological polar surface area (TPSA) is 70.2 Å². The normalized spacial score (nSPS) is 20.4. The van der Waals surface area contributed by atoms with Crippen LogP contribution in [-0.4, -0.2) is 70.9 Å². The zero-order valence-electron chi connectivity index (χ0n) is 20.7. The number of rotatable bonds is 6. The lowest BCUT2D eigenvalue weighted by Gasteiger charge is -2.37. The molecule has 7 nitrogen and oxygen atoms in total. The van der Waals surface area contributed by atoms with Crippen LogP contribution in [0.5, 0.6) is 0 Å². The van der Waals surface area contributed by atoms with Crippen LogP contribution in [0.25, 0.3) is 0 Å². The van der Waals surface area contributed by atoms with Gasteiger partial charge in [0.05, 0.1) is 17.2 Å². The fourth-order valence-corrected chi connectivity index (χ4v) is 5.20. The maximum atomic E-state index is 14.8. The second-order valence-corrected chi connectivity index (χ2v) is 9.14. The first-order valence-corrected chi connectivity index (χ1v) is 12.4. The first kappa shape index (κ1) is 25.6. The van der Waals surface area contributed by atoms with Gasteiger partial charge in [0.1, 0.15) is 17.7 Å². The maximum absolute atomic E-state index is 14.8. The van der Waals surface area contributed by atoms with Crippen LogP contribution in [0.2, 0.25) is 0 Å². The lowest BCUT2D eigenvalue weighted by Crippen LogP contribution is -2.49. The Morgan fingerprint density at radius 3 is 2.14 bits per heavy atom. The molecule has 0 saturated carbocycles. The zero-order valence-corrected chi connectivity index (χ0v) is 20.7. The van der Waals surface area contributed by atoms with Gasteiger partial charge in [-0.05, 0) is 51.3 Å². The fourth-order valence-electron chi connectivity index (χ4n) is 5.20. The van der Waals surface area contributed by atoms with Crippen molar-refractivity contribution in [1.29, 1.82) is 0 Å². The lowest BCUT2D eigenvalue weighted by atomic mass is 9.97. The molecule has 2 atom stereocenters. The number of carbonyl (C=O) groups is 3. The van der Waals surface area contributed by atoms with E-state index in [0.717, 1.165) is 17.7 Å². The molecular formula is C27H31F2N3O4. The van der Waals surface area contributed by atoms with Crippen LogP contribution in [0.15, 0.2) is 42.5 Å². The standard InChI is InChI=1S/C27H31F2N3O4/c1-4-30(5-2)25(33)22-20(28)11-12-21(29)23(22)26(34)31-15-13-19(14-16-31)32-17(3)24(36-27(32)35)18-9-7-6-8-10-18/h6-12,17,19,24H,4-5,13-16H2,1-3H3/t17-,24-/m1/s1. The molecule has 0 N–H and O–H groups in total. The van der Waals surface area contributed by atoms with Crippen molar-refractivity contribution in [3.63, 3.8) is 0 Å². The number of benzene rings is 2. The monoisotopic (exact) mass is 499 g/mol. The van der Waals surface area contributed by atoms with Crippen LogP contribution < -0.4 is 0 Å². The van der Waals surface area contributed by atoms with Crippen molar-refractivity contribution >= 4 is 17.9 Å². The Hall–Kier alpha value is -3.49. The Morgan fingerprint density at radius 1 is 0.972 bits per heavy atom. The summed E-state index contributed by atoms with van der Waals surface area (Å²) in [7, 11) is 0. The molecule has 4 rings (SSSR count). The van der Waals surface area contributed by atoms with E-state index in [1.807, 2.05) is 37.3 Å². The molecule has 0 radical (unpaired) electrons. The minimum Gasteiger partial charge on any atom is -0.439 e. The third kappa shape index (κ3) is 4.66. The average molecular weight is 500 g/mol. The van der Waals surface area contributed by atoms with Crippen molar-refractivity contribution in [2.75, 3.05) is 26.2 Å². The number of cyclic esters (lactones) is 1. The number of carbonyl (C=O) groups excluding carboxylic acids is 3. The van der Waals surface area contributed by atoms with E-state index in [9.17, 15) is 23.2 Å². The van der Waals surface area contributed by atoms with Gasteiger partial charge in [-0.3, -0.25) is 14.5 Å². The molecule has 9 heteroatoms. The van der Waals surface area contributed by atoms with Gasteiger partial charge in [-0.25, -0.2) is 13.6 Å². The molecule has 192 valence electrons. The van der Waals surface area contributed by atoms with Gasteiger partial charge in [-0.2, -0.15) is 0 Å². The summed E-state index contributed by atoms with van der Waals surface area (Å²) in [5.41, 5.74) is -0.155. The Bertz CT molecular complexity index is 1130. The van der Waals surface area contributed by atoms with Crippen molar-refractivity contribution in [2.24, 2.45) is 0 Å². The molecule has 2 aromatic rings. The number of piperidine rings is 1. The van der Waals surface area contributed by atoms with Gasteiger partial charge in [-0.15, -0.1) is 0 Å². The van der Waals surface area contributed by atoms with Gasteiger partial charge in [0.25, 0.3) is 11.8 Å². The minimum atomic E-state index is -0.929. The summed E-state index contributed by atoms with van der Waals surface area (Å²) in [6.45, 7) is 6.50. The molecule has 2 aromatic carbocycles. The van der Waals surface area contributed by atoms with E-state index in [2.05, 4.69) is 0 Å².